The molecule has 0 heterocycles. The lowest BCUT2D eigenvalue weighted by molar-refractivity contribution is -0.112. The third-order valence-electron chi connectivity index (χ3n) is 4.89. The summed E-state index contributed by atoms with van der Waals surface area (Å²) in [7, 11) is 0. The summed E-state index contributed by atoms with van der Waals surface area (Å²) >= 11 is 5.91. The van der Waals surface area contributed by atoms with Gasteiger partial charge >= 0.3 is 0 Å². The van der Waals surface area contributed by atoms with Gasteiger partial charge in [0, 0.05) is 16.1 Å². The lowest BCUT2D eigenvalue weighted by Gasteiger charge is -2.09. The van der Waals surface area contributed by atoms with Gasteiger partial charge in [-0.3, -0.25) is 4.79 Å². The molecule has 4 rings (SSSR count). The van der Waals surface area contributed by atoms with Crippen LogP contribution in [0.2, 0.25) is 5.02 Å². The summed E-state index contributed by atoms with van der Waals surface area (Å²) in [5.74, 6) is 0.178. The second kappa shape index (κ2) is 9.82. The predicted octanol–water partition coefficient (Wildman–Crippen LogP) is 6.62. The van der Waals surface area contributed by atoms with E-state index in [-0.39, 0.29) is 5.57 Å². The number of nitrogens with zero attached hydrogens (tertiary/aromatic N) is 1. The molecule has 0 saturated heterocycles. The Bertz CT molecular complexity index is 1330. The van der Waals surface area contributed by atoms with E-state index in [1.807, 2.05) is 91.0 Å². The second-order valence-electron chi connectivity index (χ2n) is 7.14. The molecule has 0 fully saturated rings. The van der Waals surface area contributed by atoms with Gasteiger partial charge in [0.25, 0.3) is 5.91 Å². The van der Waals surface area contributed by atoms with Crippen molar-refractivity contribution in [2.24, 2.45) is 0 Å². The molecule has 1 N–H and O–H groups in total. The zero-order chi connectivity index (χ0) is 22.3. The molecule has 4 aromatic rings. The maximum Gasteiger partial charge on any atom is 0.266 e. The summed E-state index contributed by atoms with van der Waals surface area (Å²) in [6.07, 6.45) is 1.55. The monoisotopic (exact) mass is 438 g/mol. The molecule has 0 atom stereocenters. The maximum atomic E-state index is 12.8. The Balaban J connectivity index is 1.50. The van der Waals surface area contributed by atoms with Crippen molar-refractivity contribution >= 4 is 40.0 Å². The highest BCUT2D eigenvalue weighted by Crippen LogP contribution is 2.24. The van der Waals surface area contributed by atoms with E-state index in [0.717, 1.165) is 16.3 Å². The molecule has 5 heteroatoms. The number of rotatable bonds is 6. The summed E-state index contributed by atoms with van der Waals surface area (Å²) in [6, 6.07) is 30.1. The van der Waals surface area contributed by atoms with Gasteiger partial charge in [-0.05, 0) is 52.9 Å². The average molecular weight is 439 g/mol. The Kier molecular flexibility index (Phi) is 6.50. The number of hydrogen-bond acceptors (Lipinski definition) is 3. The van der Waals surface area contributed by atoms with Gasteiger partial charge in [-0.2, -0.15) is 5.26 Å². The van der Waals surface area contributed by atoms with Crippen molar-refractivity contribution in [3.8, 4) is 11.8 Å². The van der Waals surface area contributed by atoms with Crippen LogP contribution in [0.5, 0.6) is 5.75 Å². The normalized spacial score (nSPS) is 11.1. The molecular formula is C27H19ClN2O2. The fourth-order valence-corrected chi connectivity index (χ4v) is 3.41. The van der Waals surface area contributed by atoms with E-state index in [9.17, 15) is 10.1 Å². The quantitative estimate of drug-likeness (QED) is 0.272. The van der Waals surface area contributed by atoms with Gasteiger partial charge in [0.2, 0.25) is 0 Å². The first-order chi connectivity index (χ1) is 15.6. The number of benzene rings is 4. The number of amides is 1. The van der Waals surface area contributed by atoms with Crippen LogP contribution in [0.15, 0.2) is 96.6 Å². The van der Waals surface area contributed by atoms with E-state index in [1.54, 1.807) is 12.1 Å². The third kappa shape index (κ3) is 5.15. The first-order valence-electron chi connectivity index (χ1n) is 10.0. The maximum absolute atomic E-state index is 12.8. The minimum atomic E-state index is -0.462. The molecule has 0 aliphatic heterocycles. The number of hydrogen-bond donors (Lipinski definition) is 1. The highest BCUT2D eigenvalue weighted by Gasteiger charge is 2.11. The molecule has 0 bridgehead atoms. The van der Waals surface area contributed by atoms with Gasteiger partial charge in [-0.15, -0.1) is 0 Å². The summed E-state index contributed by atoms with van der Waals surface area (Å²) in [5, 5.41) is 15.0. The van der Waals surface area contributed by atoms with E-state index < -0.39 is 5.91 Å². The second-order valence-corrected chi connectivity index (χ2v) is 7.57. The summed E-state index contributed by atoms with van der Waals surface area (Å²) in [4.78, 5) is 12.8. The molecule has 32 heavy (non-hydrogen) atoms. The molecule has 4 aromatic carbocycles. The highest BCUT2D eigenvalue weighted by atomic mass is 35.5. The van der Waals surface area contributed by atoms with Crippen LogP contribution in [0, 0.1) is 11.3 Å². The molecule has 0 aliphatic rings. The van der Waals surface area contributed by atoms with Gasteiger partial charge < -0.3 is 10.1 Å². The zero-order valence-corrected chi connectivity index (χ0v) is 17.8. The standard InChI is InChI=1S/C27H19ClN2O2/c28-23-13-11-19(12-14-23)18-32-24-8-3-5-20(16-24)15-22(17-29)27(31)30-26-10-4-7-21-6-1-2-9-25(21)26/h1-16H,18H2,(H,30,31)/b22-15+. The fourth-order valence-electron chi connectivity index (χ4n) is 3.28. The number of carbonyl (C=O) groups excluding carboxylic acids is 1. The van der Waals surface area contributed by atoms with Gasteiger partial charge in [0.05, 0.1) is 0 Å². The van der Waals surface area contributed by atoms with Crippen LogP contribution in [0.4, 0.5) is 5.69 Å². The molecule has 0 spiro atoms. The molecule has 0 saturated carbocycles. The lowest BCUT2D eigenvalue weighted by Crippen LogP contribution is -2.13. The highest BCUT2D eigenvalue weighted by molar-refractivity contribution is 6.30. The van der Waals surface area contributed by atoms with Crippen molar-refractivity contribution in [3.05, 3.63) is 113 Å². The molecule has 156 valence electrons. The van der Waals surface area contributed by atoms with Crippen molar-refractivity contribution in [2.75, 3.05) is 5.32 Å². The van der Waals surface area contributed by atoms with Crippen LogP contribution in [0.3, 0.4) is 0 Å². The molecule has 4 nitrogen and oxygen atoms in total. The van der Waals surface area contributed by atoms with E-state index in [2.05, 4.69) is 5.32 Å². The minimum Gasteiger partial charge on any atom is -0.489 e. The fraction of sp³-hybridized carbons (Fsp3) is 0.0370. The zero-order valence-electron chi connectivity index (χ0n) is 17.1. The number of nitriles is 1. The Labute approximate surface area is 191 Å². The topological polar surface area (TPSA) is 62.1 Å². The lowest BCUT2D eigenvalue weighted by atomic mass is 10.1. The molecule has 0 radical (unpaired) electrons. The number of ether oxygens (including phenoxy) is 1. The molecule has 0 unspecified atom stereocenters. The number of nitrogens with one attached hydrogen (secondary N) is 1. The average Bonchev–Trinajstić information content (AvgIpc) is 2.82. The Morgan fingerprint density at radius 3 is 2.53 bits per heavy atom. The molecule has 1 amide bonds. The molecule has 0 aromatic heterocycles. The first-order valence-corrected chi connectivity index (χ1v) is 10.4. The molecular weight excluding hydrogens is 420 g/mol. The van der Waals surface area contributed by atoms with E-state index in [4.69, 9.17) is 16.3 Å². The third-order valence-corrected chi connectivity index (χ3v) is 5.14. The van der Waals surface area contributed by atoms with Crippen molar-refractivity contribution in [2.45, 2.75) is 6.61 Å². The smallest absolute Gasteiger partial charge is 0.266 e. The van der Waals surface area contributed by atoms with E-state index in [1.165, 1.54) is 0 Å². The van der Waals surface area contributed by atoms with Crippen molar-refractivity contribution in [1.29, 1.82) is 5.26 Å². The van der Waals surface area contributed by atoms with Crippen LogP contribution in [0.25, 0.3) is 16.8 Å². The first kappa shape index (κ1) is 21.2. The number of halogens is 1. The Morgan fingerprint density at radius 2 is 1.72 bits per heavy atom. The van der Waals surface area contributed by atoms with Crippen molar-refractivity contribution in [3.63, 3.8) is 0 Å². The van der Waals surface area contributed by atoms with E-state index >= 15 is 0 Å². The largest absolute Gasteiger partial charge is 0.489 e. The van der Waals surface area contributed by atoms with Crippen LogP contribution in [0.1, 0.15) is 11.1 Å². The Morgan fingerprint density at radius 1 is 0.969 bits per heavy atom. The van der Waals surface area contributed by atoms with Gasteiger partial charge in [0.1, 0.15) is 24.0 Å². The van der Waals surface area contributed by atoms with Crippen molar-refractivity contribution < 1.29 is 9.53 Å². The number of fused-ring (bicyclic) bond motifs is 1. The molecule has 0 aliphatic carbocycles. The number of anilines is 1. The predicted molar refractivity (Wildman–Crippen MR) is 128 cm³/mol. The van der Waals surface area contributed by atoms with Gasteiger partial charge in [-0.25, -0.2) is 0 Å². The van der Waals surface area contributed by atoms with Crippen LogP contribution >= 0.6 is 11.6 Å². The van der Waals surface area contributed by atoms with Crippen LogP contribution in [-0.2, 0) is 11.4 Å². The minimum absolute atomic E-state index is 0.00721. The van der Waals surface area contributed by atoms with Crippen molar-refractivity contribution in [1.82, 2.24) is 0 Å². The number of carbonyl (C=O) groups is 1. The SMILES string of the molecule is N#C/C(=C\c1cccc(OCc2ccc(Cl)cc2)c1)C(=O)Nc1cccc2ccccc12. The summed E-state index contributed by atoms with van der Waals surface area (Å²) in [5.41, 5.74) is 2.35. The Hall–Kier alpha value is -4.07. The van der Waals surface area contributed by atoms with Gasteiger partial charge in [0.15, 0.2) is 0 Å². The van der Waals surface area contributed by atoms with Crippen LogP contribution < -0.4 is 10.1 Å². The summed E-state index contributed by atoms with van der Waals surface area (Å²) in [6.45, 7) is 0.386. The summed E-state index contributed by atoms with van der Waals surface area (Å²) < 4.78 is 5.84. The van der Waals surface area contributed by atoms with Crippen LogP contribution in [-0.4, -0.2) is 5.91 Å². The van der Waals surface area contributed by atoms with E-state index in [0.29, 0.717) is 28.6 Å². The van der Waals surface area contributed by atoms with Gasteiger partial charge in [-0.1, -0.05) is 72.3 Å².